The van der Waals surface area contributed by atoms with E-state index in [1.165, 1.54) is 263 Å². The first-order chi connectivity index (χ1) is 34.2. The van der Waals surface area contributed by atoms with E-state index < -0.39 is 12.1 Å². The highest BCUT2D eigenvalue weighted by molar-refractivity contribution is 5.76. The molecule has 4 nitrogen and oxygen atoms in total. The van der Waals surface area contributed by atoms with Crippen LogP contribution in [0.25, 0.3) is 0 Å². The molecule has 69 heavy (non-hydrogen) atoms. The minimum Gasteiger partial charge on any atom is -0.394 e. The molecule has 0 saturated heterocycles. The van der Waals surface area contributed by atoms with E-state index in [0.29, 0.717) is 6.42 Å². The molecule has 0 radical (unpaired) electrons. The van der Waals surface area contributed by atoms with Crippen molar-refractivity contribution in [2.24, 2.45) is 0 Å². The Morgan fingerprint density at radius 3 is 0.928 bits per heavy atom. The summed E-state index contributed by atoms with van der Waals surface area (Å²) in [5.74, 6) is -0.0764. The molecule has 0 aliphatic heterocycles. The Labute approximate surface area is 432 Å². The first-order valence-corrected chi connectivity index (χ1v) is 31.0. The van der Waals surface area contributed by atoms with Crippen molar-refractivity contribution in [1.29, 1.82) is 0 Å². The SMILES string of the molecule is CCCCCCC/C=C\C/C=C\CCCCCCCCCCCCCCCC(=O)NC(CO)C(O)/C=C/CC/C=C/CC/C=C/CCCCCCCCCCCCCCCCCCCCCCCC. The number of nitrogens with one attached hydrogen (secondary N) is 1. The third kappa shape index (κ3) is 56.9. The second-order valence-electron chi connectivity index (χ2n) is 21.1. The molecule has 0 heterocycles. The Bertz CT molecular complexity index is 1140. The molecule has 2 atom stereocenters. The van der Waals surface area contributed by atoms with Crippen LogP contribution in [-0.4, -0.2) is 34.9 Å². The minimum absolute atomic E-state index is 0.0764. The van der Waals surface area contributed by atoms with Gasteiger partial charge in [-0.1, -0.05) is 306 Å². The summed E-state index contributed by atoms with van der Waals surface area (Å²) in [4.78, 5) is 12.5. The van der Waals surface area contributed by atoms with Gasteiger partial charge in [0.05, 0.1) is 18.8 Å². The maximum absolute atomic E-state index is 12.5. The summed E-state index contributed by atoms with van der Waals surface area (Å²) < 4.78 is 0. The summed E-state index contributed by atoms with van der Waals surface area (Å²) in [6.07, 6.45) is 85.6. The van der Waals surface area contributed by atoms with Gasteiger partial charge in [-0.2, -0.15) is 0 Å². The van der Waals surface area contributed by atoms with E-state index in [1.54, 1.807) is 6.08 Å². The summed E-state index contributed by atoms with van der Waals surface area (Å²) in [5.41, 5.74) is 0. The lowest BCUT2D eigenvalue weighted by molar-refractivity contribution is -0.123. The van der Waals surface area contributed by atoms with Crippen LogP contribution >= 0.6 is 0 Å². The Morgan fingerprint density at radius 2 is 0.609 bits per heavy atom. The molecule has 0 aliphatic rings. The summed E-state index contributed by atoms with van der Waals surface area (Å²) in [7, 11) is 0. The molecule has 0 fully saturated rings. The average molecular weight is 965 g/mol. The summed E-state index contributed by atoms with van der Waals surface area (Å²) in [6.45, 7) is 4.31. The number of allylic oxidation sites excluding steroid dienone is 9. The monoisotopic (exact) mass is 964 g/mol. The highest BCUT2D eigenvalue weighted by Crippen LogP contribution is 2.17. The van der Waals surface area contributed by atoms with Gasteiger partial charge in [0.25, 0.3) is 0 Å². The van der Waals surface area contributed by atoms with Crippen LogP contribution in [0.2, 0.25) is 0 Å². The lowest BCUT2D eigenvalue weighted by Gasteiger charge is -2.19. The van der Waals surface area contributed by atoms with Crippen molar-refractivity contribution in [2.45, 2.75) is 341 Å². The Hall–Kier alpha value is -1.91. The molecular formula is C65H121NO3. The third-order valence-corrected chi connectivity index (χ3v) is 14.2. The van der Waals surface area contributed by atoms with Crippen LogP contribution in [-0.2, 0) is 4.79 Å². The van der Waals surface area contributed by atoms with Crippen LogP contribution in [0.3, 0.4) is 0 Å². The van der Waals surface area contributed by atoms with Gasteiger partial charge in [0.15, 0.2) is 0 Å². The topological polar surface area (TPSA) is 69.6 Å². The van der Waals surface area contributed by atoms with Crippen LogP contribution in [0.15, 0.2) is 60.8 Å². The Kier molecular flexibility index (Phi) is 58.7. The number of carbonyl (C=O) groups is 1. The Morgan fingerprint density at radius 1 is 0.348 bits per heavy atom. The second-order valence-corrected chi connectivity index (χ2v) is 21.1. The molecule has 404 valence electrons. The molecule has 0 rings (SSSR count). The Balaban J connectivity index is 3.53. The van der Waals surface area contributed by atoms with Gasteiger partial charge >= 0.3 is 0 Å². The fourth-order valence-corrected chi connectivity index (χ4v) is 9.48. The molecular weight excluding hydrogens is 843 g/mol. The lowest BCUT2D eigenvalue weighted by Crippen LogP contribution is -2.45. The van der Waals surface area contributed by atoms with E-state index in [4.69, 9.17) is 0 Å². The summed E-state index contributed by atoms with van der Waals surface area (Å²) in [5, 5.41) is 23.2. The first-order valence-electron chi connectivity index (χ1n) is 31.0. The number of carbonyl (C=O) groups excluding carboxylic acids is 1. The highest BCUT2D eigenvalue weighted by Gasteiger charge is 2.18. The summed E-state index contributed by atoms with van der Waals surface area (Å²) >= 11 is 0. The normalized spacial score (nSPS) is 13.2. The minimum atomic E-state index is -0.874. The second kappa shape index (κ2) is 60.4. The average Bonchev–Trinajstić information content (AvgIpc) is 3.35. The molecule has 0 saturated carbocycles. The molecule has 3 N–H and O–H groups in total. The van der Waals surface area contributed by atoms with Crippen LogP contribution < -0.4 is 5.32 Å². The van der Waals surface area contributed by atoms with E-state index in [1.807, 2.05) is 6.08 Å². The fraction of sp³-hybridized carbons (Fsp3) is 0.831. The van der Waals surface area contributed by atoms with Gasteiger partial charge in [0.1, 0.15) is 0 Å². The molecule has 0 spiro atoms. The largest absolute Gasteiger partial charge is 0.394 e. The van der Waals surface area contributed by atoms with Crippen LogP contribution in [0.5, 0.6) is 0 Å². The maximum Gasteiger partial charge on any atom is 0.220 e. The smallest absolute Gasteiger partial charge is 0.220 e. The molecule has 0 aromatic carbocycles. The first kappa shape index (κ1) is 67.1. The van der Waals surface area contributed by atoms with Crippen molar-refractivity contribution in [3.63, 3.8) is 0 Å². The van der Waals surface area contributed by atoms with Crippen LogP contribution in [0.1, 0.15) is 328 Å². The molecule has 4 heteroatoms. The maximum atomic E-state index is 12.5. The number of hydrogen-bond acceptors (Lipinski definition) is 3. The van der Waals surface area contributed by atoms with E-state index in [-0.39, 0.29) is 12.5 Å². The molecule has 1 amide bonds. The van der Waals surface area contributed by atoms with Gasteiger partial charge in [0, 0.05) is 6.42 Å². The van der Waals surface area contributed by atoms with Gasteiger partial charge in [-0.15, -0.1) is 0 Å². The van der Waals surface area contributed by atoms with Crippen LogP contribution in [0.4, 0.5) is 0 Å². The molecule has 2 unspecified atom stereocenters. The number of unbranched alkanes of at least 4 members (excludes halogenated alkanes) is 42. The van der Waals surface area contributed by atoms with Gasteiger partial charge < -0.3 is 15.5 Å². The van der Waals surface area contributed by atoms with Crippen LogP contribution in [0, 0.1) is 0 Å². The number of amides is 1. The van der Waals surface area contributed by atoms with E-state index in [0.717, 1.165) is 44.9 Å². The zero-order valence-corrected chi connectivity index (χ0v) is 46.6. The fourth-order valence-electron chi connectivity index (χ4n) is 9.48. The van der Waals surface area contributed by atoms with Crippen molar-refractivity contribution in [1.82, 2.24) is 5.32 Å². The molecule has 0 bridgehead atoms. The predicted octanol–water partition coefficient (Wildman–Crippen LogP) is 20.8. The van der Waals surface area contributed by atoms with Crippen molar-refractivity contribution >= 4 is 5.91 Å². The number of rotatable bonds is 57. The lowest BCUT2D eigenvalue weighted by atomic mass is 10.0. The van der Waals surface area contributed by atoms with Gasteiger partial charge in [0.2, 0.25) is 5.91 Å². The molecule has 0 aromatic rings. The summed E-state index contributed by atoms with van der Waals surface area (Å²) in [6, 6.07) is -0.649. The molecule has 0 aromatic heterocycles. The van der Waals surface area contributed by atoms with Gasteiger partial charge in [-0.25, -0.2) is 0 Å². The zero-order chi connectivity index (χ0) is 49.9. The van der Waals surface area contributed by atoms with Gasteiger partial charge in [-0.05, 0) is 77.0 Å². The van der Waals surface area contributed by atoms with Crippen molar-refractivity contribution in [2.75, 3.05) is 6.61 Å². The number of hydrogen-bond donors (Lipinski definition) is 3. The van der Waals surface area contributed by atoms with E-state index in [2.05, 4.69) is 67.8 Å². The third-order valence-electron chi connectivity index (χ3n) is 14.2. The number of aliphatic hydroxyl groups is 2. The van der Waals surface area contributed by atoms with Crippen molar-refractivity contribution in [3.05, 3.63) is 60.8 Å². The standard InChI is InChI=1S/C65H121NO3/c1-3-5-7-9-11-13-15-17-19-21-23-25-27-29-30-31-32-33-34-35-37-38-40-42-44-46-48-50-52-54-56-58-60-64(68)63(62-67)66-65(69)61-59-57-55-53-51-49-47-45-43-41-39-36-28-26-24-22-20-18-16-14-12-10-8-6-4-2/h16,18,22,24,42,44,50,52,58,60,63-64,67-68H,3-15,17,19-21,23,25-41,43,45-49,51,53-57,59,61-62H2,1-2H3,(H,66,69)/b18-16-,24-22-,44-42+,52-50+,60-58+. The quantitative estimate of drug-likeness (QED) is 0.0420. The van der Waals surface area contributed by atoms with Crippen molar-refractivity contribution < 1.29 is 15.0 Å². The molecule has 0 aliphatic carbocycles. The van der Waals surface area contributed by atoms with E-state index in [9.17, 15) is 15.0 Å². The van der Waals surface area contributed by atoms with E-state index >= 15 is 0 Å². The zero-order valence-electron chi connectivity index (χ0n) is 46.6. The van der Waals surface area contributed by atoms with Gasteiger partial charge in [-0.3, -0.25) is 4.79 Å². The van der Waals surface area contributed by atoms with Crippen molar-refractivity contribution in [3.8, 4) is 0 Å². The number of aliphatic hydroxyl groups excluding tert-OH is 2. The predicted molar refractivity (Wildman–Crippen MR) is 308 cm³/mol. The highest BCUT2D eigenvalue weighted by atomic mass is 16.3.